The van der Waals surface area contributed by atoms with Gasteiger partial charge in [-0.15, -0.1) is 0 Å². The Morgan fingerprint density at radius 3 is 1.91 bits per heavy atom. The van der Waals surface area contributed by atoms with Crippen LogP contribution < -0.4 is 15.2 Å². The molecule has 2 rings (SSSR count). The van der Waals surface area contributed by atoms with Crippen LogP contribution in [-0.2, 0) is 24.6 Å². The minimum absolute atomic E-state index is 0.0513. The molecule has 0 aliphatic rings. The molecule has 2 aromatic carbocycles. The number of carbonyl (C=O) groups is 1. The van der Waals surface area contributed by atoms with Crippen LogP contribution in [0.5, 0.6) is 17.2 Å². The summed E-state index contributed by atoms with van der Waals surface area (Å²) >= 11 is 0. The molecule has 0 saturated carbocycles. The van der Waals surface area contributed by atoms with Gasteiger partial charge in [-0.25, -0.2) is 0 Å². The number of rotatable bonds is 13. The molecule has 0 aliphatic heterocycles. The Labute approximate surface area is 190 Å². The van der Waals surface area contributed by atoms with E-state index in [0.717, 1.165) is 12.1 Å². The first-order valence-electron chi connectivity index (χ1n) is 10.3. The van der Waals surface area contributed by atoms with Gasteiger partial charge in [0.15, 0.2) is 0 Å². The van der Waals surface area contributed by atoms with Crippen LogP contribution in [0.4, 0.5) is 13.2 Å². The van der Waals surface area contributed by atoms with Crippen LogP contribution in [0.1, 0.15) is 32.3 Å². The lowest BCUT2D eigenvalue weighted by molar-refractivity contribution is -0.137. The lowest BCUT2D eigenvalue weighted by Gasteiger charge is -2.22. The maximum Gasteiger partial charge on any atom is 0.416 e. The van der Waals surface area contributed by atoms with Crippen molar-refractivity contribution >= 4 is 13.4 Å². The van der Waals surface area contributed by atoms with Crippen LogP contribution in [-0.4, -0.2) is 31.4 Å². The van der Waals surface area contributed by atoms with Crippen molar-refractivity contribution < 1.29 is 41.1 Å². The van der Waals surface area contributed by atoms with E-state index >= 15 is 0 Å². The fourth-order valence-corrected chi connectivity index (χ4v) is 4.37. The number of hydrogen-bond acceptors (Lipinski definition) is 7. The minimum atomic E-state index is -4.41. The Balaban J connectivity index is 1.81. The number of ether oxygens (including phenoxy) is 2. The molecule has 33 heavy (non-hydrogen) atoms. The van der Waals surface area contributed by atoms with Gasteiger partial charge in [0, 0.05) is 12.8 Å². The highest BCUT2D eigenvalue weighted by atomic mass is 31.2. The molecule has 0 spiro atoms. The van der Waals surface area contributed by atoms with E-state index in [2.05, 4.69) is 0 Å². The van der Waals surface area contributed by atoms with E-state index in [1.165, 1.54) is 12.1 Å². The van der Waals surface area contributed by atoms with E-state index in [-0.39, 0.29) is 44.2 Å². The van der Waals surface area contributed by atoms with Crippen LogP contribution in [0.3, 0.4) is 0 Å². The number of carbonyl (C=O) groups excluding carboxylic acids is 1. The van der Waals surface area contributed by atoms with Crippen LogP contribution in [0, 0.1) is 0 Å². The Hall–Kier alpha value is -2.39. The first-order chi connectivity index (χ1) is 15.6. The summed E-state index contributed by atoms with van der Waals surface area (Å²) in [6, 6.07) is 10.7. The highest BCUT2D eigenvalue weighted by molar-refractivity contribution is 7.54. The number of nitrogens with two attached hydrogens (primary N) is 1. The number of alkyl halides is 3. The average molecular weight is 489 g/mol. The van der Waals surface area contributed by atoms with E-state index in [4.69, 9.17) is 24.3 Å². The molecule has 0 bridgehead atoms. The molecule has 182 valence electrons. The maximum atomic E-state index is 12.6. The van der Waals surface area contributed by atoms with Crippen LogP contribution in [0.2, 0.25) is 0 Å². The molecule has 1 unspecified atom stereocenters. The summed E-state index contributed by atoms with van der Waals surface area (Å²) in [5, 5.41) is 0. The summed E-state index contributed by atoms with van der Waals surface area (Å²) in [5.74, 6) is -0.154. The number of ketones is 1. The summed E-state index contributed by atoms with van der Waals surface area (Å²) in [6.07, 6.45) is -4.52. The van der Waals surface area contributed by atoms with Crippen LogP contribution in [0.15, 0.2) is 48.5 Å². The summed E-state index contributed by atoms with van der Waals surface area (Å²) in [5.41, 5.74) is 5.12. The molecular weight excluding hydrogens is 462 g/mol. The van der Waals surface area contributed by atoms with Crippen LogP contribution in [0.25, 0.3) is 0 Å². The van der Waals surface area contributed by atoms with Gasteiger partial charge in [-0.05, 0) is 62.4 Å². The zero-order valence-electron chi connectivity index (χ0n) is 18.3. The third-order valence-electron chi connectivity index (χ3n) is 4.35. The zero-order chi connectivity index (χ0) is 24.5. The SMILES string of the molecule is CCOP(=O)(OCC)C(N)CC(=O)CCOc1ccc(Oc2ccc(C(F)(F)F)cc2)cc1. The number of hydrogen-bond donors (Lipinski definition) is 1. The van der Waals surface area contributed by atoms with Gasteiger partial charge >= 0.3 is 13.8 Å². The highest BCUT2D eigenvalue weighted by Crippen LogP contribution is 2.52. The smallest absolute Gasteiger partial charge is 0.416 e. The maximum absolute atomic E-state index is 12.6. The van der Waals surface area contributed by atoms with Gasteiger partial charge < -0.3 is 24.3 Å². The average Bonchev–Trinajstić information content (AvgIpc) is 2.75. The molecule has 1 atom stereocenters. The van der Waals surface area contributed by atoms with Crippen LogP contribution >= 0.6 is 7.60 Å². The molecule has 2 aromatic rings. The van der Waals surface area contributed by atoms with E-state index in [1.807, 2.05) is 0 Å². The van der Waals surface area contributed by atoms with E-state index in [1.54, 1.807) is 38.1 Å². The monoisotopic (exact) mass is 489 g/mol. The van der Waals surface area contributed by atoms with Crippen molar-refractivity contribution in [2.45, 2.75) is 38.6 Å². The largest absolute Gasteiger partial charge is 0.493 e. The lowest BCUT2D eigenvalue weighted by atomic mass is 10.2. The molecule has 0 aromatic heterocycles. The van der Waals surface area contributed by atoms with Crippen molar-refractivity contribution in [2.75, 3.05) is 19.8 Å². The van der Waals surface area contributed by atoms with Gasteiger partial charge in [0.1, 0.15) is 28.8 Å². The first-order valence-corrected chi connectivity index (χ1v) is 11.9. The molecule has 0 aliphatic carbocycles. The quantitative estimate of drug-likeness (QED) is 0.357. The Bertz CT molecular complexity index is 925. The minimum Gasteiger partial charge on any atom is -0.493 e. The zero-order valence-corrected chi connectivity index (χ0v) is 19.2. The van der Waals surface area contributed by atoms with Gasteiger partial charge in [-0.2, -0.15) is 13.2 Å². The fourth-order valence-electron chi connectivity index (χ4n) is 2.77. The number of halogens is 3. The van der Waals surface area contributed by atoms with Crippen molar-refractivity contribution in [1.29, 1.82) is 0 Å². The predicted octanol–water partition coefficient (Wildman–Crippen LogP) is 5.78. The number of benzene rings is 2. The van der Waals surface area contributed by atoms with Gasteiger partial charge in [-0.3, -0.25) is 9.36 Å². The van der Waals surface area contributed by atoms with Crippen molar-refractivity contribution in [3.63, 3.8) is 0 Å². The summed E-state index contributed by atoms with van der Waals surface area (Å²) in [4.78, 5) is 12.2. The van der Waals surface area contributed by atoms with E-state index in [0.29, 0.717) is 11.5 Å². The molecule has 0 saturated heterocycles. The van der Waals surface area contributed by atoms with Crippen molar-refractivity contribution in [3.8, 4) is 17.2 Å². The molecule has 2 N–H and O–H groups in total. The molecule has 0 radical (unpaired) electrons. The molecular formula is C22H27F3NO6P. The third-order valence-corrected chi connectivity index (χ3v) is 6.58. The van der Waals surface area contributed by atoms with E-state index in [9.17, 15) is 22.5 Å². The Morgan fingerprint density at radius 2 is 1.42 bits per heavy atom. The molecule has 11 heteroatoms. The second-order valence-corrected chi connectivity index (χ2v) is 9.14. The molecule has 0 amide bonds. The highest BCUT2D eigenvalue weighted by Gasteiger charge is 2.34. The standard InChI is InChI=1S/C22H27F3NO6P/c1-3-30-33(28,31-4-2)21(26)15-17(27)13-14-29-18-9-11-20(12-10-18)32-19-7-5-16(6-8-19)22(23,24)25/h5-12,21H,3-4,13-15,26H2,1-2H3. The summed E-state index contributed by atoms with van der Waals surface area (Å²) in [7, 11) is -3.55. The fraction of sp³-hybridized carbons (Fsp3) is 0.409. The third kappa shape index (κ3) is 8.47. The summed E-state index contributed by atoms with van der Waals surface area (Å²) < 4.78 is 71.7. The van der Waals surface area contributed by atoms with Gasteiger partial charge in [0.25, 0.3) is 0 Å². The molecule has 0 fully saturated rings. The topological polar surface area (TPSA) is 97.1 Å². The predicted molar refractivity (Wildman–Crippen MR) is 117 cm³/mol. The Morgan fingerprint density at radius 1 is 0.939 bits per heavy atom. The van der Waals surface area contributed by atoms with Gasteiger partial charge in [0.05, 0.1) is 25.4 Å². The second-order valence-electron chi connectivity index (χ2n) is 6.88. The normalized spacial score (nSPS) is 12.9. The number of Topliss-reactive ketones (excluding diaryl/α,β-unsaturated/α-hetero) is 1. The van der Waals surface area contributed by atoms with Crippen molar-refractivity contribution in [3.05, 3.63) is 54.1 Å². The molecule has 0 heterocycles. The second kappa shape index (κ2) is 12.2. The van der Waals surface area contributed by atoms with Gasteiger partial charge in [-0.1, -0.05) is 0 Å². The summed E-state index contributed by atoms with van der Waals surface area (Å²) in [6.45, 7) is 3.71. The van der Waals surface area contributed by atoms with E-state index < -0.39 is 25.1 Å². The van der Waals surface area contributed by atoms with Crippen molar-refractivity contribution in [2.24, 2.45) is 5.73 Å². The Kier molecular flexibility index (Phi) is 9.91. The lowest BCUT2D eigenvalue weighted by Crippen LogP contribution is -2.27. The van der Waals surface area contributed by atoms with Gasteiger partial charge in [0.2, 0.25) is 0 Å². The van der Waals surface area contributed by atoms with Crippen molar-refractivity contribution in [1.82, 2.24) is 0 Å². The molecule has 7 nitrogen and oxygen atoms in total. The first kappa shape index (κ1) is 26.9.